The van der Waals surface area contributed by atoms with Crippen LogP contribution in [0.15, 0.2) is 134 Å². The molecule has 54 heavy (non-hydrogen) atoms. The SMILES string of the molecule is CC1C=Nc2cncnc21.CC1CCCc2ccccc21.Cc1ccc2cccnc2c1.Cc1cccc2cccnc12.Cc1ncnc2nccnc12. The number of aryl methyl sites for hydroxylation is 4. The van der Waals surface area contributed by atoms with Crippen LogP contribution in [-0.4, -0.2) is 46.1 Å². The van der Waals surface area contributed by atoms with Crippen molar-refractivity contribution in [1.29, 1.82) is 0 Å². The predicted molar refractivity (Wildman–Crippen MR) is 219 cm³/mol. The van der Waals surface area contributed by atoms with Crippen molar-refractivity contribution >= 4 is 44.9 Å². The standard InChI is InChI=1S/C11H14.2C10H9N.C7H6N4.C7H7N3/c1-9-5-4-7-10-6-2-3-8-11(9)10;1-8-4-2-5-9-6-3-7-11-10(8)9;1-8-4-5-9-3-2-6-11-10(9)7-8;1-5-6-7(11-4-10-5)9-3-2-8-6;1-5-2-9-6-3-8-4-10-7(5)6/h2-3,6,8-9H,4-5,7H2,1H3;2*2-7H,1H3;2-4H,1H3;2-5H,1H3. The Balaban J connectivity index is 0.000000115. The van der Waals surface area contributed by atoms with Crippen molar-refractivity contribution in [1.82, 2.24) is 39.9 Å². The molecule has 0 radical (unpaired) electrons. The maximum Gasteiger partial charge on any atom is 0.181 e. The summed E-state index contributed by atoms with van der Waals surface area (Å²) in [5.74, 6) is 1.15. The highest BCUT2D eigenvalue weighted by atomic mass is 14.9. The van der Waals surface area contributed by atoms with E-state index in [-0.39, 0.29) is 0 Å². The van der Waals surface area contributed by atoms with Gasteiger partial charge in [0.2, 0.25) is 0 Å². The van der Waals surface area contributed by atoms with Crippen molar-refractivity contribution in [2.45, 2.75) is 65.7 Å². The zero-order valence-corrected chi connectivity index (χ0v) is 31.5. The number of rotatable bonds is 0. The molecule has 10 rings (SSSR count). The molecule has 9 heteroatoms. The quantitative estimate of drug-likeness (QED) is 0.153. The normalized spacial score (nSPS) is 14.8. The number of hydrogen-bond acceptors (Lipinski definition) is 9. The highest BCUT2D eigenvalue weighted by molar-refractivity contribution is 5.81. The fraction of sp³-hybridized carbons (Fsp3) is 0.222. The third kappa shape index (κ3) is 9.74. The number of pyridine rings is 2. The van der Waals surface area contributed by atoms with E-state index in [1.807, 2.05) is 37.7 Å². The summed E-state index contributed by atoms with van der Waals surface area (Å²) in [5, 5.41) is 2.42. The first-order valence-corrected chi connectivity index (χ1v) is 18.3. The molecule has 0 amide bonds. The average molecular weight is 712 g/mol. The van der Waals surface area contributed by atoms with Gasteiger partial charge >= 0.3 is 0 Å². The van der Waals surface area contributed by atoms with E-state index >= 15 is 0 Å². The smallest absolute Gasteiger partial charge is 0.181 e. The zero-order chi connectivity index (χ0) is 37.7. The first kappa shape index (κ1) is 37.4. The molecule has 2 unspecified atom stereocenters. The van der Waals surface area contributed by atoms with Gasteiger partial charge in [0.1, 0.15) is 23.9 Å². The van der Waals surface area contributed by atoms with E-state index in [9.17, 15) is 0 Å². The Hall–Kier alpha value is -6.35. The lowest BCUT2D eigenvalue weighted by Gasteiger charge is -2.21. The van der Waals surface area contributed by atoms with Crippen molar-refractivity contribution in [3.05, 3.63) is 162 Å². The Morgan fingerprint density at radius 3 is 2.22 bits per heavy atom. The van der Waals surface area contributed by atoms with E-state index in [0.717, 1.165) is 39.5 Å². The number of para-hydroxylation sites is 1. The van der Waals surface area contributed by atoms with E-state index in [4.69, 9.17) is 0 Å². The molecule has 8 aromatic rings. The minimum absolute atomic E-state index is 0.359. The van der Waals surface area contributed by atoms with Crippen molar-refractivity contribution in [3.8, 4) is 0 Å². The Morgan fingerprint density at radius 2 is 1.41 bits per heavy atom. The largest absolute Gasteiger partial charge is 0.257 e. The van der Waals surface area contributed by atoms with Crippen molar-refractivity contribution in [2.24, 2.45) is 4.99 Å². The van der Waals surface area contributed by atoms with Gasteiger partial charge < -0.3 is 0 Å². The van der Waals surface area contributed by atoms with Gasteiger partial charge in [0.05, 0.1) is 28.6 Å². The topological polar surface area (TPSA) is 115 Å². The van der Waals surface area contributed by atoms with Crippen LogP contribution >= 0.6 is 0 Å². The third-order valence-corrected chi connectivity index (χ3v) is 9.31. The molecule has 0 bridgehead atoms. The van der Waals surface area contributed by atoms with Crippen LogP contribution in [0.1, 0.15) is 72.2 Å². The van der Waals surface area contributed by atoms with Gasteiger partial charge in [-0.25, -0.2) is 29.9 Å². The highest BCUT2D eigenvalue weighted by Gasteiger charge is 2.15. The second-order valence-electron chi connectivity index (χ2n) is 13.4. The van der Waals surface area contributed by atoms with Crippen LogP contribution in [0, 0.1) is 20.8 Å². The third-order valence-electron chi connectivity index (χ3n) is 9.31. The Bertz CT molecular complexity index is 2380. The monoisotopic (exact) mass is 711 g/mol. The molecule has 5 aromatic heterocycles. The van der Waals surface area contributed by atoms with Gasteiger partial charge in [0.25, 0.3) is 0 Å². The lowest BCUT2D eigenvalue weighted by atomic mass is 9.84. The molecule has 0 N–H and O–H groups in total. The van der Waals surface area contributed by atoms with E-state index in [2.05, 4.69) is 145 Å². The molecule has 2 aliphatic rings. The molecule has 9 nitrogen and oxygen atoms in total. The fourth-order valence-electron chi connectivity index (χ4n) is 6.39. The number of fused-ring (bicyclic) bond motifs is 5. The van der Waals surface area contributed by atoms with Gasteiger partial charge in [-0.15, -0.1) is 0 Å². The molecule has 0 saturated carbocycles. The number of benzene rings is 3. The van der Waals surface area contributed by atoms with Crippen LogP contribution < -0.4 is 0 Å². The van der Waals surface area contributed by atoms with E-state index in [0.29, 0.717) is 11.6 Å². The summed E-state index contributed by atoms with van der Waals surface area (Å²) in [4.78, 5) is 36.7. The van der Waals surface area contributed by atoms with Crippen LogP contribution in [0.25, 0.3) is 33.0 Å². The molecular formula is C45H45N9. The first-order chi connectivity index (χ1) is 26.4. The van der Waals surface area contributed by atoms with Gasteiger partial charge in [-0.05, 0) is 86.4 Å². The number of aromatic nitrogens is 8. The minimum Gasteiger partial charge on any atom is -0.257 e. The van der Waals surface area contributed by atoms with Gasteiger partial charge in [-0.2, -0.15) is 0 Å². The number of nitrogens with zero attached hydrogens (tertiary/aromatic N) is 9. The molecule has 2 atom stereocenters. The molecule has 0 spiro atoms. The van der Waals surface area contributed by atoms with Gasteiger partial charge in [0, 0.05) is 47.7 Å². The summed E-state index contributed by atoms with van der Waals surface area (Å²) in [5.41, 5.74) is 12.1. The van der Waals surface area contributed by atoms with Crippen molar-refractivity contribution in [3.63, 3.8) is 0 Å². The van der Waals surface area contributed by atoms with Crippen LogP contribution in [-0.2, 0) is 6.42 Å². The highest BCUT2D eigenvalue weighted by Crippen LogP contribution is 2.30. The van der Waals surface area contributed by atoms with E-state index < -0.39 is 0 Å². The maximum atomic E-state index is 4.28. The molecule has 0 fully saturated rings. The molecular weight excluding hydrogens is 667 g/mol. The van der Waals surface area contributed by atoms with Crippen LogP contribution in [0.2, 0.25) is 0 Å². The second-order valence-corrected chi connectivity index (χ2v) is 13.4. The summed E-state index contributed by atoms with van der Waals surface area (Å²) in [6.45, 7) is 10.4. The Kier molecular flexibility index (Phi) is 12.8. The molecule has 3 aromatic carbocycles. The molecule has 1 aliphatic carbocycles. The zero-order valence-electron chi connectivity index (χ0n) is 31.5. The second kappa shape index (κ2) is 18.4. The minimum atomic E-state index is 0.359. The van der Waals surface area contributed by atoms with Crippen LogP contribution in [0.3, 0.4) is 0 Å². The molecule has 0 saturated heterocycles. The average Bonchev–Trinajstić information content (AvgIpc) is 3.60. The summed E-state index contributed by atoms with van der Waals surface area (Å²) in [7, 11) is 0. The summed E-state index contributed by atoms with van der Waals surface area (Å²) in [6.07, 6.45) is 17.6. The predicted octanol–water partition coefficient (Wildman–Crippen LogP) is 10.2. The molecule has 6 heterocycles. The summed E-state index contributed by atoms with van der Waals surface area (Å²) in [6, 6.07) is 29.4. The number of hydrogen-bond donors (Lipinski definition) is 0. The fourth-order valence-corrected chi connectivity index (χ4v) is 6.39. The van der Waals surface area contributed by atoms with Crippen LogP contribution in [0.4, 0.5) is 5.69 Å². The lowest BCUT2D eigenvalue weighted by Crippen LogP contribution is -2.05. The van der Waals surface area contributed by atoms with Gasteiger partial charge in [-0.3, -0.25) is 15.0 Å². The Labute approximate surface area is 316 Å². The first-order valence-electron chi connectivity index (χ1n) is 18.3. The van der Waals surface area contributed by atoms with E-state index in [1.165, 1.54) is 47.5 Å². The summed E-state index contributed by atoms with van der Waals surface area (Å²) < 4.78 is 0. The van der Waals surface area contributed by atoms with Crippen LogP contribution in [0.5, 0.6) is 0 Å². The van der Waals surface area contributed by atoms with E-state index in [1.54, 1.807) is 36.0 Å². The maximum absolute atomic E-state index is 4.28. The van der Waals surface area contributed by atoms with Gasteiger partial charge in [-0.1, -0.05) is 80.6 Å². The van der Waals surface area contributed by atoms with Crippen molar-refractivity contribution in [2.75, 3.05) is 0 Å². The molecule has 270 valence electrons. The summed E-state index contributed by atoms with van der Waals surface area (Å²) >= 11 is 0. The van der Waals surface area contributed by atoms with Crippen molar-refractivity contribution < 1.29 is 0 Å². The molecule has 1 aliphatic heterocycles. The number of aliphatic imine (C=N–C) groups is 1. The van der Waals surface area contributed by atoms with Gasteiger partial charge in [0.15, 0.2) is 5.65 Å². The lowest BCUT2D eigenvalue weighted by molar-refractivity contribution is 0.590. The Morgan fingerprint density at radius 1 is 0.630 bits per heavy atom.